The molecule has 1 heterocycles. The number of carbonyl (C=O) groups excluding carboxylic acids is 1. The molecular formula is C15H19BrN2O2S. The maximum atomic E-state index is 11.7. The summed E-state index contributed by atoms with van der Waals surface area (Å²) in [6.45, 7) is 3.85. The van der Waals surface area contributed by atoms with Crippen molar-refractivity contribution in [1.82, 2.24) is 4.90 Å². The summed E-state index contributed by atoms with van der Waals surface area (Å²) in [5.74, 6) is -0.0714. The molecule has 0 aromatic heterocycles. The van der Waals surface area contributed by atoms with E-state index in [9.17, 15) is 4.79 Å². The summed E-state index contributed by atoms with van der Waals surface area (Å²) in [5, 5.41) is 3.94. The van der Waals surface area contributed by atoms with Crippen LogP contribution in [0.4, 0.5) is 5.69 Å². The molecule has 1 N–H and O–H groups in total. The lowest BCUT2D eigenvalue weighted by atomic mass is 9.97. The van der Waals surface area contributed by atoms with E-state index in [2.05, 4.69) is 26.1 Å². The van der Waals surface area contributed by atoms with Crippen molar-refractivity contribution >= 4 is 44.9 Å². The average Bonchev–Trinajstić information content (AvgIpc) is 2.47. The minimum atomic E-state index is -0.0805. The number of anilines is 1. The Bertz CT molecular complexity index is 516. The minimum Gasteiger partial charge on any atom is -0.466 e. The van der Waals surface area contributed by atoms with Crippen LogP contribution in [0.15, 0.2) is 28.7 Å². The molecule has 4 nitrogen and oxygen atoms in total. The lowest BCUT2D eigenvalue weighted by molar-refractivity contribution is -0.149. The van der Waals surface area contributed by atoms with Gasteiger partial charge in [-0.05, 0) is 50.2 Å². The zero-order chi connectivity index (χ0) is 15.2. The van der Waals surface area contributed by atoms with Gasteiger partial charge in [0.2, 0.25) is 0 Å². The molecule has 0 bridgehead atoms. The molecule has 114 valence electrons. The molecule has 2 rings (SSSR count). The van der Waals surface area contributed by atoms with Gasteiger partial charge in [0.1, 0.15) is 0 Å². The van der Waals surface area contributed by atoms with Crippen molar-refractivity contribution in [2.45, 2.75) is 19.8 Å². The third kappa shape index (κ3) is 4.68. The van der Waals surface area contributed by atoms with E-state index in [1.165, 1.54) is 0 Å². The quantitative estimate of drug-likeness (QED) is 0.652. The number of likely N-dealkylation sites (tertiary alicyclic amines) is 1. The van der Waals surface area contributed by atoms with E-state index >= 15 is 0 Å². The Kier molecular flexibility index (Phi) is 5.99. The van der Waals surface area contributed by atoms with Crippen LogP contribution in [0.25, 0.3) is 0 Å². The van der Waals surface area contributed by atoms with Crippen LogP contribution in [-0.2, 0) is 9.53 Å². The monoisotopic (exact) mass is 370 g/mol. The van der Waals surface area contributed by atoms with Gasteiger partial charge in [0.05, 0.1) is 12.5 Å². The maximum absolute atomic E-state index is 11.7. The molecule has 0 saturated carbocycles. The second-order valence-corrected chi connectivity index (χ2v) is 6.26. The van der Waals surface area contributed by atoms with Gasteiger partial charge in [-0.3, -0.25) is 4.79 Å². The van der Waals surface area contributed by atoms with Crippen LogP contribution >= 0.6 is 28.1 Å². The molecular weight excluding hydrogens is 352 g/mol. The number of nitrogens with one attached hydrogen (secondary N) is 1. The highest BCUT2D eigenvalue weighted by atomic mass is 79.9. The maximum Gasteiger partial charge on any atom is 0.309 e. The van der Waals surface area contributed by atoms with Gasteiger partial charge in [-0.1, -0.05) is 22.0 Å². The van der Waals surface area contributed by atoms with Crippen molar-refractivity contribution in [1.29, 1.82) is 0 Å². The van der Waals surface area contributed by atoms with E-state index in [1.807, 2.05) is 31.2 Å². The zero-order valence-electron chi connectivity index (χ0n) is 12.0. The van der Waals surface area contributed by atoms with Gasteiger partial charge in [0, 0.05) is 23.2 Å². The first-order valence-corrected chi connectivity index (χ1v) is 8.28. The van der Waals surface area contributed by atoms with Crippen molar-refractivity contribution in [3.8, 4) is 0 Å². The molecule has 1 aliphatic heterocycles. The number of hydrogen-bond donors (Lipinski definition) is 1. The number of hydrogen-bond acceptors (Lipinski definition) is 3. The SMILES string of the molecule is CCOC(=O)C1CCN(C(=S)Nc2cccc(Br)c2)CC1. The second-order valence-electron chi connectivity index (χ2n) is 4.95. The Hall–Kier alpha value is -1.14. The molecule has 0 unspecified atom stereocenters. The number of ether oxygens (including phenoxy) is 1. The first kappa shape index (κ1) is 16.2. The van der Waals surface area contributed by atoms with Gasteiger partial charge in [-0.2, -0.15) is 0 Å². The van der Waals surface area contributed by atoms with Gasteiger partial charge in [0.25, 0.3) is 0 Å². The number of thiocarbonyl (C=S) groups is 1. The van der Waals surface area contributed by atoms with Crippen LogP contribution in [0.1, 0.15) is 19.8 Å². The van der Waals surface area contributed by atoms with Crippen LogP contribution < -0.4 is 5.32 Å². The molecule has 0 aliphatic carbocycles. The molecule has 0 amide bonds. The molecule has 6 heteroatoms. The first-order chi connectivity index (χ1) is 10.1. The fourth-order valence-corrected chi connectivity index (χ4v) is 3.05. The predicted octanol–water partition coefficient (Wildman–Crippen LogP) is 3.42. The van der Waals surface area contributed by atoms with Crippen LogP contribution in [0.3, 0.4) is 0 Å². The summed E-state index contributed by atoms with van der Waals surface area (Å²) < 4.78 is 6.09. The van der Waals surface area contributed by atoms with Crippen molar-refractivity contribution in [2.75, 3.05) is 25.0 Å². The number of benzene rings is 1. The molecule has 21 heavy (non-hydrogen) atoms. The smallest absolute Gasteiger partial charge is 0.309 e. The van der Waals surface area contributed by atoms with Gasteiger partial charge < -0.3 is 15.0 Å². The average molecular weight is 371 g/mol. The molecule has 1 fully saturated rings. The third-order valence-corrected chi connectivity index (χ3v) is 4.33. The summed E-state index contributed by atoms with van der Waals surface area (Å²) in [7, 11) is 0. The molecule has 0 radical (unpaired) electrons. The number of piperidine rings is 1. The van der Waals surface area contributed by atoms with E-state index in [4.69, 9.17) is 17.0 Å². The Morgan fingerprint density at radius 3 is 2.81 bits per heavy atom. The fraction of sp³-hybridized carbons (Fsp3) is 0.467. The first-order valence-electron chi connectivity index (χ1n) is 7.08. The van der Waals surface area contributed by atoms with Crippen molar-refractivity contribution in [2.24, 2.45) is 5.92 Å². The second kappa shape index (κ2) is 7.75. The number of rotatable bonds is 3. The van der Waals surface area contributed by atoms with Crippen LogP contribution in [0.2, 0.25) is 0 Å². The highest BCUT2D eigenvalue weighted by molar-refractivity contribution is 9.10. The third-order valence-electron chi connectivity index (χ3n) is 3.48. The van der Waals surface area contributed by atoms with E-state index in [0.29, 0.717) is 11.7 Å². The van der Waals surface area contributed by atoms with Gasteiger partial charge in [0.15, 0.2) is 5.11 Å². The minimum absolute atomic E-state index is 0.00914. The topological polar surface area (TPSA) is 41.6 Å². The molecule has 1 aromatic carbocycles. The number of esters is 1. The van der Waals surface area contributed by atoms with Gasteiger partial charge >= 0.3 is 5.97 Å². The molecule has 0 spiro atoms. The molecule has 1 aliphatic rings. The summed E-state index contributed by atoms with van der Waals surface area (Å²) in [6, 6.07) is 7.89. The number of halogens is 1. The Balaban J connectivity index is 1.84. The summed E-state index contributed by atoms with van der Waals surface area (Å²) in [4.78, 5) is 13.8. The van der Waals surface area contributed by atoms with Gasteiger partial charge in [-0.15, -0.1) is 0 Å². The Morgan fingerprint density at radius 1 is 1.48 bits per heavy atom. The normalized spacial score (nSPS) is 15.6. The summed E-state index contributed by atoms with van der Waals surface area (Å²) in [6.07, 6.45) is 1.58. The van der Waals surface area contributed by atoms with Crippen LogP contribution in [-0.4, -0.2) is 35.7 Å². The van der Waals surface area contributed by atoms with E-state index in [-0.39, 0.29) is 11.9 Å². The molecule has 1 aromatic rings. The Labute approximate surface area is 139 Å². The van der Waals surface area contributed by atoms with Crippen molar-refractivity contribution in [3.05, 3.63) is 28.7 Å². The Morgan fingerprint density at radius 2 is 2.19 bits per heavy atom. The number of nitrogens with zero attached hydrogens (tertiary/aromatic N) is 1. The van der Waals surface area contributed by atoms with Crippen LogP contribution in [0, 0.1) is 5.92 Å². The molecule has 1 saturated heterocycles. The fourth-order valence-electron chi connectivity index (χ4n) is 2.35. The lowest BCUT2D eigenvalue weighted by Crippen LogP contribution is -2.42. The highest BCUT2D eigenvalue weighted by Gasteiger charge is 2.26. The lowest BCUT2D eigenvalue weighted by Gasteiger charge is -2.32. The van der Waals surface area contributed by atoms with Crippen LogP contribution in [0.5, 0.6) is 0 Å². The predicted molar refractivity (Wildman–Crippen MR) is 91.3 cm³/mol. The summed E-state index contributed by atoms with van der Waals surface area (Å²) in [5.41, 5.74) is 0.960. The van der Waals surface area contributed by atoms with E-state index in [1.54, 1.807) is 0 Å². The van der Waals surface area contributed by atoms with E-state index < -0.39 is 0 Å². The van der Waals surface area contributed by atoms with Gasteiger partial charge in [-0.25, -0.2) is 0 Å². The van der Waals surface area contributed by atoms with E-state index in [0.717, 1.165) is 36.1 Å². The standard InChI is InChI=1S/C15H19BrN2O2S/c1-2-20-14(19)11-6-8-18(9-7-11)15(21)17-13-5-3-4-12(16)10-13/h3-5,10-11H,2,6-9H2,1H3,(H,17,21). The largest absolute Gasteiger partial charge is 0.466 e. The van der Waals surface area contributed by atoms with Crippen molar-refractivity contribution < 1.29 is 9.53 Å². The molecule has 0 atom stereocenters. The highest BCUT2D eigenvalue weighted by Crippen LogP contribution is 2.21. The summed E-state index contributed by atoms with van der Waals surface area (Å²) >= 11 is 8.88. The zero-order valence-corrected chi connectivity index (χ0v) is 14.4. The van der Waals surface area contributed by atoms with Crippen molar-refractivity contribution in [3.63, 3.8) is 0 Å². The number of carbonyl (C=O) groups is 1.